The maximum absolute atomic E-state index is 12.8. The van der Waals surface area contributed by atoms with Crippen molar-refractivity contribution in [1.29, 1.82) is 0 Å². The van der Waals surface area contributed by atoms with Crippen LogP contribution in [0.1, 0.15) is 37.8 Å². The highest BCUT2D eigenvalue weighted by Crippen LogP contribution is 2.32. The summed E-state index contributed by atoms with van der Waals surface area (Å²) in [6.45, 7) is 8.15. The number of nitrogens with zero attached hydrogens (tertiary/aromatic N) is 2. The second-order valence-electron chi connectivity index (χ2n) is 7.17. The highest BCUT2D eigenvalue weighted by molar-refractivity contribution is 8.02. The Morgan fingerprint density at radius 3 is 2.50 bits per heavy atom. The molecule has 8 heteroatoms. The van der Waals surface area contributed by atoms with Crippen molar-refractivity contribution in [2.75, 3.05) is 17.7 Å². The number of anilines is 3. The van der Waals surface area contributed by atoms with Gasteiger partial charge in [0, 0.05) is 11.4 Å². The third kappa shape index (κ3) is 5.52. The molecule has 158 valence electrons. The molecule has 3 aromatic rings. The van der Waals surface area contributed by atoms with Gasteiger partial charge in [-0.25, -0.2) is 0 Å². The number of hydrogen-bond donors (Lipinski definition) is 2. The fraction of sp³-hybridized carbons (Fsp3) is 0.318. The molecule has 0 aliphatic rings. The van der Waals surface area contributed by atoms with E-state index in [9.17, 15) is 4.79 Å². The lowest BCUT2D eigenvalue weighted by Crippen LogP contribution is -2.23. The van der Waals surface area contributed by atoms with Gasteiger partial charge in [0.1, 0.15) is 5.75 Å². The molecule has 0 aliphatic heterocycles. The number of hydrogen-bond acceptors (Lipinski definition) is 7. The number of para-hydroxylation sites is 1. The summed E-state index contributed by atoms with van der Waals surface area (Å²) in [7, 11) is 1.64. The molecule has 3 rings (SSSR count). The Hall–Kier alpha value is -2.58. The summed E-state index contributed by atoms with van der Waals surface area (Å²) in [5, 5.41) is 15.1. The zero-order valence-corrected chi connectivity index (χ0v) is 19.4. The number of ether oxygens (including phenoxy) is 1. The van der Waals surface area contributed by atoms with Crippen molar-refractivity contribution < 1.29 is 9.53 Å². The molecular formula is C22H26N4O2S2. The first-order chi connectivity index (χ1) is 14.4. The summed E-state index contributed by atoms with van der Waals surface area (Å²) in [6.07, 6.45) is 0. The van der Waals surface area contributed by atoms with Gasteiger partial charge in [-0.3, -0.25) is 4.79 Å². The third-order valence-electron chi connectivity index (χ3n) is 4.57. The minimum atomic E-state index is -0.300. The fourth-order valence-electron chi connectivity index (χ4n) is 2.88. The van der Waals surface area contributed by atoms with Gasteiger partial charge in [-0.05, 0) is 55.2 Å². The predicted molar refractivity (Wildman–Crippen MR) is 125 cm³/mol. The topological polar surface area (TPSA) is 76.1 Å². The van der Waals surface area contributed by atoms with Crippen LogP contribution in [0.25, 0.3) is 0 Å². The van der Waals surface area contributed by atoms with Crippen LogP contribution in [0.5, 0.6) is 5.75 Å². The van der Waals surface area contributed by atoms with Gasteiger partial charge in [0.25, 0.3) is 0 Å². The number of amides is 1. The quantitative estimate of drug-likeness (QED) is 0.427. The van der Waals surface area contributed by atoms with Crippen molar-refractivity contribution in [2.24, 2.45) is 0 Å². The highest BCUT2D eigenvalue weighted by Gasteiger charge is 2.20. The van der Waals surface area contributed by atoms with Crippen molar-refractivity contribution >= 4 is 45.5 Å². The summed E-state index contributed by atoms with van der Waals surface area (Å²) >= 11 is 2.82. The van der Waals surface area contributed by atoms with E-state index in [1.54, 1.807) is 7.11 Å². The molecule has 0 spiro atoms. The highest BCUT2D eigenvalue weighted by atomic mass is 32.2. The number of carbonyl (C=O) groups excluding carboxylic acids is 1. The summed E-state index contributed by atoms with van der Waals surface area (Å²) in [5.41, 5.74) is 4.01. The third-order valence-corrected chi connectivity index (χ3v) is 6.59. The lowest BCUT2D eigenvalue weighted by molar-refractivity contribution is -0.115. The van der Waals surface area contributed by atoms with Crippen LogP contribution in [-0.4, -0.2) is 28.5 Å². The Morgan fingerprint density at radius 2 is 1.83 bits per heavy atom. The number of carbonyl (C=O) groups is 1. The minimum absolute atomic E-state index is 0.0453. The Labute approximate surface area is 185 Å². The first kappa shape index (κ1) is 22.1. The molecule has 1 amide bonds. The fourth-order valence-corrected chi connectivity index (χ4v) is 4.79. The molecule has 30 heavy (non-hydrogen) atoms. The minimum Gasteiger partial charge on any atom is -0.497 e. The van der Waals surface area contributed by atoms with Crippen LogP contribution in [0.15, 0.2) is 46.8 Å². The molecule has 0 saturated heterocycles. The standard InChI is InChI=1S/C22H26N4O2S2/c1-13(2)18-8-6-7-14(3)19(18)24-20(27)15(4)29-22-26-25-21(30-22)23-16-9-11-17(28-5)12-10-16/h6-13,15H,1-5H3,(H,23,25)(H,24,27). The first-order valence-electron chi connectivity index (χ1n) is 9.69. The van der Waals surface area contributed by atoms with Crippen molar-refractivity contribution in [1.82, 2.24) is 10.2 Å². The van der Waals surface area contributed by atoms with E-state index in [2.05, 4.69) is 40.7 Å². The van der Waals surface area contributed by atoms with Crippen LogP contribution < -0.4 is 15.4 Å². The van der Waals surface area contributed by atoms with Gasteiger partial charge in [-0.2, -0.15) is 0 Å². The second-order valence-corrected chi connectivity index (χ2v) is 9.74. The molecule has 0 bridgehead atoms. The molecule has 0 radical (unpaired) electrons. The van der Waals surface area contributed by atoms with E-state index in [1.807, 2.05) is 50.2 Å². The number of aryl methyl sites for hydroxylation is 1. The number of thioether (sulfide) groups is 1. The second kappa shape index (κ2) is 9.95. The molecular weight excluding hydrogens is 416 g/mol. The van der Waals surface area contributed by atoms with Crippen molar-refractivity contribution in [3.8, 4) is 5.75 Å². The van der Waals surface area contributed by atoms with Crippen molar-refractivity contribution in [3.05, 3.63) is 53.6 Å². The number of rotatable bonds is 8. The Balaban J connectivity index is 1.62. The average molecular weight is 443 g/mol. The lowest BCUT2D eigenvalue weighted by atomic mass is 9.98. The monoisotopic (exact) mass is 442 g/mol. The SMILES string of the molecule is COc1ccc(Nc2nnc(SC(C)C(=O)Nc3c(C)cccc3C(C)C)s2)cc1. The van der Waals surface area contributed by atoms with E-state index < -0.39 is 0 Å². The average Bonchev–Trinajstić information content (AvgIpc) is 3.16. The van der Waals surface area contributed by atoms with Crippen LogP contribution in [-0.2, 0) is 4.79 Å². The van der Waals surface area contributed by atoms with Gasteiger partial charge in [0.15, 0.2) is 4.34 Å². The first-order valence-corrected chi connectivity index (χ1v) is 11.4. The Bertz CT molecular complexity index is 1000. The van der Waals surface area contributed by atoms with E-state index in [-0.39, 0.29) is 11.2 Å². The van der Waals surface area contributed by atoms with E-state index >= 15 is 0 Å². The molecule has 0 fully saturated rings. The molecule has 6 nitrogen and oxygen atoms in total. The molecule has 1 heterocycles. The van der Waals surface area contributed by atoms with Crippen LogP contribution in [0.4, 0.5) is 16.5 Å². The molecule has 1 unspecified atom stereocenters. The number of aromatic nitrogens is 2. The number of benzene rings is 2. The van der Waals surface area contributed by atoms with Gasteiger partial charge in [-0.15, -0.1) is 10.2 Å². The maximum Gasteiger partial charge on any atom is 0.237 e. The Kier molecular flexibility index (Phi) is 7.33. The van der Waals surface area contributed by atoms with Gasteiger partial charge < -0.3 is 15.4 Å². The van der Waals surface area contributed by atoms with E-state index in [1.165, 1.54) is 23.1 Å². The molecule has 1 atom stereocenters. The van der Waals surface area contributed by atoms with E-state index in [4.69, 9.17) is 4.74 Å². The largest absolute Gasteiger partial charge is 0.497 e. The zero-order chi connectivity index (χ0) is 21.7. The number of nitrogens with one attached hydrogen (secondary N) is 2. The smallest absolute Gasteiger partial charge is 0.237 e. The molecule has 0 saturated carbocycles. The lowest BCUT2D eigenvalue weighted by Gasteiger charge is -2.18. The van der Waals surface area contributed by atoms with Gasteiger partial charge in [0.05, 0.1) is 12.4 Å². The van der Waals surface area contributed by atoms with Crippen LogP contribution in [0.2, 0.25) is 0 Å². The van der Waals surface area contributed by atoms with Crippen LogP contribution in [0, 0.1) is 6.92 Å². The van der Waals surface area contributed by atoms with Gasteiger partial charge in [0.2, 0.25) is 11.0 Å². The van der Waals surface area contributed by atoms with E-state index in [0.29, 0.717) is 11.0 Å². The predicted octanol–water partition coefficient (Wildman–Crippen LogP) is 5.84. The van der Waals surface area contributed by atoms with Gasteiger partial charge in [-0.1, -0.05) is 55.1 Å². The summed E-state index contributed by atoms with van der Waals surface area (Å²) in [6, 6.07) is 13.7. The van der Waals surface area contributed by atoms with E-state index in [0.717, 1.165) is 32.6 Å². The number of methoxy groups -OCH3 is 1. The van der Waals surface area contributed by atoms with Crippen LogP contribution >= 0.6 is 23.1 Å². The summed E-state index contributed by atoms with van der Waals surface area (Å²) < 4.78 is 5.90. The maximum atomic E-state index is 12.8. The molecule has 2 N–H and O–H groups in total. The van der Waals surface area contributed by atoms with Crippen molar-refractivity contribution in [3.63, 3.8) is 0 Å². The van der Waals surface area contributed by atoms with Crippen LogP contribution in [0.3, 0.4) is 0 Å². The molecule has 1 aromatic heterocycles. The van der Waals surface area contributed by atoms with Gasteiger partial charge >= 0.3 is 0 Å². The molecule has 2 aromatic carbocycles. The summed E-state index contributed by atoms with van der Waals surface area (Å²) in [4.78, 5) is 12.8. The summed E-state index contributed by atoms with van der Waals surface area (Å²) in [5.74, 6) is 1.08. The van der Waals surface area contributed by atoms with Crippen molar-refractivity contribution in [2.45, 2.75) is 43.2 Å². The zero-order valence-electron chi connectivity index (χ0n) is 17.7. The molecule has 0 aliphatic carbocycles. The normalized spacial score (nSPS) is 11.9. The Morgan fingerprint density at radius 1 is 1.10 bits per heavy atom.